The van der Waals surface area contributed by atoms with Gasteiger partial charge in [-0.3, -0.25) is 4.68 Å². The quantitative estimate of drug-likeness (QED) is 0.745. The monoisotopic (exact) mass is 207 g/mol. The molecule has 2 aromatic rings. The average molecular weight is 207 g/mol. The van der Waals surface area contributed by atoms with E-state index < -0.39 is 6.36 Å². The molecule has 0 saturated heterocycles. The Hall–Kier alpha value is -1.42. The molecule has 1 heterocycles. The Bertz CT molecular complexity index is 476. The molecule has 0 fully saturated rings. The number of alkyl halides is 1. The van der Waals surface area contributed by atoms with Gasteiger partial charge < -0.3 is 0 Å². The maximum atomic E-state index is 12.8. The molecule has 0 bridgehead atoms. The maximum absolute atomic E-state index is 12.8. The van der Waals surface area contributed by atoms with Gasteiger partial charge in [-0.15, -0.1) is 0 Å². The van der Waals surface area contributed by atoms with Crippen LogP contribution in [0.4, 0.5) is 4.39 Å². The molecule has 0 N–H and O–H groups in total. The summed E-state index contributed by atoms with van der Waals surface area (Å²) in [7, 11) is 0. The van der Waals surface area contributed by atoms with E-state index in [-0.39, 0.29) is 11.6 Å². The Balaban J connectivity index is 2.69. The van der Waals surface area contributed by atoms with Crippen LogP contribution in [0.5, 0.6) is 0 Å². The number of benzene rings is 1. The van der Waals surface area contributed by atoms with Gasteiger partial charge in [0.15, 0.2) is 0 Å². The van der Waals surface area contributed by atoms with Crippen LogP contribution in [-0.4, -0.2) is 9.78 Å². The van der Waals surface area contributed by atoms with Gasteiger partial charge in [0.05, 0.1) is 11.7 Å². The predicted octanol–water partition coefficient (Wildman–Crippen LogP) is 3.02. The van der Waals surface area contributed by atoms with E-state index in [0.29, 0.717) is 5.39 Å². The topological polar surface area (TPSA) is 37.7 Å². The van der Waals surface area contributed by atoms with E-state index in [1.54, 1.807) is 16.9 Å². The van der Waals surface area contributed by atoms with E-state index in [2.05, 4.69) is 5.10 Å². The first-order valence-corrected chi connectivity index (χ1v) is 4.87. The van der Waals surface area contributed by atoms with Crippen LogP contribution in [-0.2, 0) is 5.11 Å². The van der Waals surface area contributed by atoms with Crippen LogP contribution >= 0.6 is 0 Å². The van der Waals surface area contributed by atoms with E-state index >= 15 is 0 Å². The van der Waals surface area contributed by atoms with Gasteiger partial charge in [-0.05, 0) is 19.9 Å². The number of hydrogen-bond acceptors (Lipinski definition) is 1. The molecule has 0 aliphatic heterocycles. The van der Waals surface area contributed by atoms with Gasteiger partial charge in [0, 0.05) is 17.0 Å². The minimum absolute atomic E-state index is 0.166. The molecule has 2 rings (SSSR count). The summed E-state index contributed by atoms with van der Waals surface area (Å²) in [6, 6.07) is 5.23. The molecule has 79 valence electrons. The second-order valence-electron chi connectivity index (χ2n) is 3.78. The van der Waals surface area contributed by atoms with Crippen molar-refractivity contribution in [2.24, 2.45) is 0 Å². The van der Waals surface area contributed by atoms with Gasteiger partial charge in [-0.1, -0.05) is 12.1 Å². The fraction of sp³-hybridized carbons (Fsp3) is 0.364. The Kier molecular flexibility index (Phi) is 2.44. The first-order valence-electron chi connectivity index (χ1n) is 4.87. The minimum atomic E-state index is -2.20. The second kappa shape index (κ2) is 3.62. The number of nitrogens with zero attached hydrogens (tertiary/aromatic N) is 2. The van der Waals surface area contributed by atoms with Gasteiger partial charge >= 0.3 is 0 Å². The molecule has 4 heteroatoms. The van der Waals surface area contributed by atoms with Crippen LogP contribution in [0.2, 0.25) is 0 Å². The van der Waals surface area contributed by atoms with E-state index in [1.807, 2.05) is 19.9 Å². The molecule has 0 aliphatic rings. The van der Waals surface area contributed by atoms with Crippen molar-refractivity contribution in [3.63, 3.8) is 0 Å². The Morgan fingerprint density at radius 2 is 2.13 bits per heavy atom. The molecule has 0 aliphatic carbocycles. The SMILES string of the molecule is CC(C)n1ncc2c(C([O])F)cccc21. The average Bonchev–Trinajstić information content (AvgIpc) is 2.59. The second-order valence-corrected chi connectivity index (χ2v) is 3.78. The lowest BCUT2D eigenvalue weighted by atomic mass is 10.1. The first kappa shape index (κ1) is 10.1. The molecule has 1 atom stereocenters. The summed E-state index contributed by atoms with van der Waals surface area (Å²) in [6.45, 7) is 3.98. The molecule has 15 heavy (non-hydrogen) atoms. The van der Waals surface area contributed by atoms with E-state index in [9.17, 15) is 9.50 Å². The van der Waals surface area contributed by atoms with E-state index in [0.717, 1.165) is 5.52 Å². The third-order valence-corrected chi connectivity index (χ3v) is 2.41. The molecule has 1 unspecified atom stereocenters. The zero-order chi connectivity index (χ0) is 11.0. The summed E-state index contributed by atoms with van der Waals surface area (Å²) in [5, 5.41) is 15.6. The highest BCUT2D eigenvalue weighted by molar-refractivity contribution is 5.82. The number of aromatic nitrogens is 2. The lowest BCUT2D eigenvalue weighted by molar-refractivity contribution is -0.0235. The number of rotatable bonds is 2. The van der Waals surface area contributed by atoms with Gasteiger partial charge in [0.2, 0.25) is 0 Å². The molecule has 1 radical (unpaired) electrons. The zero-order valence-corrected chi connectivity index (χ0v) is 8.64. The molecule has 1 aromatic carbocycles. The smallest absolute Gasteiger partial charge is 0.257 e. The third kappa shape index (κ3) is 1.61. The summed E-state index contributed by atoms with van der Waals surface area (Å²) in [5.74, 6) is 0. The molecule has 3 nitrogen and oxygen atoms in total. The minimum Gasteiger partial charge on any atom is -0.262 e. The predicted molar refractivity (Wildman–Crippen MR) is 54.7 cm³/mol. The summed E-state index contributed by atoms with van der Waals surface area (Å²) >= 11 is 0. The lowest BCUT2D eigenvalue weighted by Gasteiger charge is -2.07. The Morgan fingerprint density at radius 3 is 2.73 bits per heavy atom. The highest BCUT2D eigenvalue weighted by Crippen LogP contribution is 2.26. The Labute approximate surface area is 87.1 Å². The zero-order valence-electron chi connectivity index (χ0n) is 8.64. The van der Waals surface area contributed by atoms with Crippen LogP contribution in [0.1, 0.15) is 31.8 Å². The van der Waals surface area contributed by atoms with Crippen molar-refractivity contribution < 1.29 is 9.50 Å². The van der Waals surface area contributed by atoms with Crippen LogP contribution < -0.4 is 0 Å². The number of halogens is 1. The van der Waals surface area contributed by atoms with Crippen LogP contribution in [0.15, 0.2) is 24.4 Å². The van der Waals surface area contributed by atoms with Gasteiger partial charge in [0.25, 0.3) is 6.36 Å². The summed E-state index contributed by atoms with van der Waals surface area (Å²) < 4.78 is 14.6. The molecule has 0 saturated carbocycles. The van der Waals surface area contributed by atoms with Crippen LogP contribution in [0.25, 0.3) is 10.9 Å². The van der Waals surface area contributed by atoms with Gasteiger partial charge in [-0.2, -0.15) is 10.2 Å². The van der Waals surface area contributed by atoms with E-state index in [4.69, 9.17) is 0 Å². The Morgan fingerprint density at radius 1 is 1.40 bits per heavy atom. The van der Waals surface area contributed by atoms with Crippen molar-refractivity contribution in [2.75, 3.05) is 0 Å². The van der Waals surface area contributed by atoms with Gasteiger partial charge in [-0.25, -0.2) is 4.39 Å². The van der Waals surface area contributed by atoms with Gasteiger partial charge in [0.1, 0.15) is 0 Å². The van der Waals surface area contributed by atoms with Crippen LogP contribution in [0, 0.1) is 0 Å². The molecule has 0 spiro atoms. The molecule has 1 aromatic heterocycles. The van der Waals surface area contributed by atoms with E-state index in [1.165, 1.54) is 6.07 Å². The molecule has 0 amide bonds. The molecular formula is C11H12FN2O. The summed E-state index contributed by atoms with van der Waals surface area (Å²) in [4.78, 5) is 0. The standard InChI is InChI=1S/C11H12FN2O/c1-7(2)14-10-5-3-4-8(11(12)15)9(10)6-13-14/h3-7,11H,1-2H3. The van der Waals surface area contributed by atoms with Crippen molar-refractivity contribution in [1.82, 2.24) is 9.78 Å². The first-order chi connectivity index (χ1) is 7.11. The molecular weight excluding hydrogens is 195 g/mol. The summed E-state index contributed by atoms with van der Waals surface area (Å²) in [6.07, 6.45) is -0.645. The fourth-order valence-electron chi connectivity index (χ4n) is 1.70. The normalized spacial score (nSPS) is 13.7. The largest absolute Gasteiger partial charge is 0.262 e. The van der Waals surface area contributed by atoms with Crippen molar-refractivity contribution in [3.8, 4) is 0 Å². The highest BCUT2D eigenvalue weighted by Gasteiger charge is 2.14. The van der Waals surface area contributed by atoms with Crippen molar-refractivity contribution in [2.45, 2.75) is 26.2 Å². The van der Waals surface area contributed by atoms with Crippen molar-refractivity contribution >= 4 is 10.9 Å². The fourth-order valence-corrected chi connectivity index (χ4v) is 1.70. The number of fused-ring (bicyclic) bond motifs is 1. The summed E-state index contributed by atoms with van der Waals surface area (Å²) in [5.41, 5.74) is 0.973. The van der Waals surface area contributed by atoms with Crippen molar-refractivity contribution in [3.05, 3.63) is 30.0 Å². The third-order valence-electron chi connectivity index (χ3n) is 2.41. The van der Waals surface area contributed by atoms with Crippen molar-refractivity contribution in [1.29, 1.82) is 0 Å². The number of hydrogen-bond donors (Lipinski definition) is 0. The maximum Gasteiger partial charge on any atom is 0.257 e. The highest BCUT2D eigenvalue weighted by atomic mass is 19.1. The lowest BCUT2D eigenvalue weighted by Crippen LogP contribution is -2.01. The van der Waals surface area contributed by atoms with Crippen LogP contribution in [0.3, 0.4) is 0 Å².